The van der Waals surface area contributed by atoms with Crippen molar-refractivity contribution in [3.05, 3.63) is 29.3 Å². The van der Waals surface area contributed by atoms with E-state index in [0.717, 1.165) is 36.1 Å². The Kier molecular flexibility index (Phi) is 22.3. The summed E-state index contributed by atoms with van der Waals surface area (Å²) in [5.74, 6) is 2.55. The molecule has 1 atom stereocenters. The van der Waals surface area contributed by atoms with E-state index in [1.54, 1.807) is 12.0 Å². The molecule has 1 aromatic carbocycles. The van der Waals surface area contributed by atoms with Gasteiger partial charge in [-0.3, -0.25) is 4.99 Å². The van der Waals surface area contributed by atoms with Gasteiger partial charge in [-0.2, -0.15) is 0 Å². The third kappa shape index (κ3) is 18.6. The van der Waals surface area contributed by atoms with Gasteiger partial charge >= 0.3 is 0 Å². The van der Waals surface area contributed by atoms with Crippen molar-refractivity contribution in [3.63, 3.8) is 0 Å². The lowest BCUT2D eigenvalue weighted by molar-refractivity contribution is -0.108. The predicted octanol–water partition coefficient (Wildman–Crippen LogP) is 8.41. The Morgan fingerprint density at radius 3 is 2.03 bits per heavy atom. The minimum absolute atomic E-state index is 0.184. The summed E-state index contributed by atoms with van der Waals surface area (Å²) >= 11 is 0. The summed E-state index contributed by atoms with van der Waals surface area (Å²) < 4.78 is 4.99. The first-order chi connectivity index (χ1) is 15.0. The van der Waals surface area contributed by atoms with Crippen molar-refractivity contribution in [2.75, 3.05) is 7.11 Å². The number of aldehydes is 1. The van der Waals surface area contributed by atoms with Crippen LogP contribution < -0.4 is 0 Å². The van der Waals surface area contributed by atoms with Crippen molar-refractivity contribution >= 4 is 29.4 Å². The standard InChI is InChI=1S/C13H15NO2.C7H16.C6H12O.C2H6/c1-9(2)14-13-10(3)6-5-7-11(13)12(8-15)16-4;1-5-6-7(2,3)4;1-3-6(2)4-5-7;1-2/h5-7H,1-4H3;5-6H2,1-4H3;5-6H,3-4H2,1-2H3;1-2H3. The van der Waals surface area contributed by atoms with Crippen LogP contribution in [0, 0.1) is 18.3 Å². The highest BCUT2D eigenvalue weighted by Crippen LogP contribution is 2.29. The molecular weight excluding hydrogens is 398 g/mol. The van der Waals surface area contributed by atoms with E-state index in [2.05, 4.69) is 46.5 Å². The number of aliphatic imine (C=N–C) groups is 1. The summed E-state index contributed by atoms with van der Waals surface area (Å²) in [6.45, 7) is 23.0. The van der Waals surface area contributed by atoms with Crippen molar-refractivity contribution in [1.82, 2.24) is 0 Å². The molecule has 0 aliphatic carbocycles. The first kappa shape index (κ1) is 34.4. The monoisotopic (exact) mass is 447 g/mol. The quantitative estimate of drug-likeness (QED) is 0.182. The number of hydrogen-bond acceptors (Lipinski definition) is 4. The second-order valence-corrected chi connectivity index (χ2v) is 8.89. The molecule has 0 bridgehead atoms. The second kappa shape index (κ2) is 20.7. The minimum atomic E-state index is 0.184. The molecule has 0 heterocycles. The third-order valence-corrected chi connectivity index (χ3v) is 4.31. The molecule has 0 aliphatic rings. The largest absolute Gasteiger partial charge is 0.486 e. The highest BCUT2D eigenvalue weighted by molar-refractivity contribution is 5.91. The van der Waals surface area contributed by atoms with Crippen molar-refractivity contribution in [1.29, 1.82) is 0 Å². The fraction of sp³-hybridized carbons (Fsp3) is 0.643. The van der Waals surface area contributed by atoms with Crippen molar-refractivity contribution in [3.8, 4) is 0 Å². The first-order valence-electron chi connectivity index (χ1n) is 11.8. The Hall–Kier alpha value is -2.19. The second-order valence-electron chi connectivity index (χ2n) is 8.89. The molecule has 1 rings (SSSR count). The summed E-state index contributed by atoms with van der Waals surface area (Å²) in [4.78, 5) is 24.9. The van der Waals surface area contributed by atoms with Gasteiger partial charge in [0, 0.05) is 12.1 Å². The highest BCUT2D eigenvalue weighted by Gasteiger charge is 2.10. The van der Waals surface area contributed by atoms with Gasteiger partial charge in [-0.1, -0.05) is 80.4 Å². The Bertz CT molecular complexity index is 689. The van der Waals surface area contributed by atoms with Crippen LogP contribution in [0.15, 0.2) is 23.2 Å². The molecule has 0 aromatic heterocycles. The lowest BCUT2D eigenvalue weighted by atomic mass is 9.91. The van der Waals surface area contributed by atoms with Crippen LogP contribution in [0.25, 0.3) is 5.76 Å². The summed E-state index contributed by atoms with van der Waals surface area (Å²) in [5, 5.41) is 0. The van der Waals surface area contributed by atoms with E-state index >= 15 is 0 Å². The van der Waals surface area contributed by atoms with Crippen LogP contribution >= 0.6 is 0 Å². The molecule has 0 spiro atoms. The van der Waals surface area contributed by atoms with E-state index < -0.39 is 0 Å². The lowest BCUT2D eigenvalue weighted by Gasteiger charge is -2.15. The van der Waals surface area contributed by atoms with E-state index in [0.29, 0.717) is 16.9 Å². The molecule has 1 aromatic rings. The number of carbonyl (C=O) groups is 1. The molecule has 32 heavy (non-hydrogen) atoms. The fourth-order valence-corrected chi connectivity index (χ4v) is 2.50. The van der Waals surface area contributed by atoms with E-state index in [-0.39, 0.29) is 5.76 Å². The molecule has 0 radical (unpaired) electrons. The molecule has 1 unspecified atom stereocenters. The van der Waals surface area contributed by atoms with Gasteiger partial charge < -0.3 is 9.53 Å². The van der Waals surface area contributed by atoms with E-state index in [9.17, 15) is 9.59 Å². The predicted molar refractivity (Wildman–Crippen MR) is 142 cm³/mol. The molecule has 184 valence electrons. The van der Waals surface area contributed by atoms with Crippen molar-refractivity contribution in [2.24, 2.45) is 16.3 Å². The number of para-hydroxylation sites is 1. The highest BCUT2D eigenvalue weighted by atomic mass is 16.5. The van der Waals surface area contributed by atoms with Gasteiger partial charge in [0.25, 0.3) is 0 Å². The van der Waals surface area contributed by atoms with Gasteiger partial charge in [0.05, 0.1) is 18.4 Å². The number of aryl methyl sites for hydroxylation is 1. The first-order valence-corrected chi connectivity index (χ1v) is 11.8. The zero-order chi connectivity index (χ0) is 25.7. The normalized spacial score (nSPS) is 10.4. The third-order valence-electron chi connectivity index (χ3n) is 4.31. The van der Waals surface area contributed by atoms with Gasteiger partial charge in [0.1, 0.15) is 6.29 Å². The topological polar surface area (TPSA) is 55.7 Å². The zero-order valence-corrected chi connectivity index (χ0v) is 22.9. The van der Waals surface area contributed by atoms with Crippen LogP contribution in [0.4, 0.5) is 5.69 Å². The van der Waals surface area contributed by atoms with Gasteiger partial charge in [-0.05, 0) is 50.2 Å². The van der Waals surface area contributed by atoms with E-state index in [1.165, 1.54) is 20.0 Å². The lowest BCUT2D eigenvalue weighted by Crippen LogP contribution is -2.02. The summed E-state index contributed by atoms with van der Waals surface area (Å²) in [7, 11) is 1.45. The van der Waals surface area contributed by atoms with Crippen molar-refractivity contribution < 1.29 is 14.3 Å². The van der Waals surface area contributed by atoms with Crippen molar-refractivity contribution in [2.45, 2.75) is 102 Å². The fourth-order valence-electron chi connectivity index (χ4n) is 2.50. The zero-order valence-electron chi connectivity index (χ0n) is 22.9. The van der Waals surface area contributed by atoms with E-state index in [4.69, 9.17) is 4.74 Å². The Morgan fingerprint density at radius 2 is 1.75 bits per heavy atom. The Labute approximate surface area is 198 Å². The van der Waals surface area contributed by atoms with Gasteiger partial charge in [0.15, 0.2) is 5.94 Å². The van der Waals surface area contributed by atoms with Crippen LogP contribution in [0.3, 0.4) is 0 Å². The number of carbonyl (C=O) groups excluding carboxylic acids is 2. The van der Waals surface area contributed by atoms with Gasteiger partial charge in [0.2, 0.25) is 5.76 Å². The molecule has 0 fully saturated rings. The maximum absolute atomic E-state index is 10.8. The van der Waals surface area contributed by atoms with Crippen LogP contribution in [0.2, 0.25) is 0 Å². The Balaban J connectivity index is -0.000000439. The maximum Gasteiger partial charge on any atom is 0.212 e. The van der Waals surface area contributed by atoms with Crippen LogP contribution in [0.1, 0.15) is 106 Å². The van der Waals surface area contributed by atoms with E-state index in [1.807, 2.05) is 46.8 Å². The summed E-state index contributed by atoms with van der Waals surface area (Å²) in [6.07, 6.45) is 5.46. The molecule has 0 amide bonds. The maximum atomic E-state index is 10.8. The number of hydrogen-bond donors (Lipinski definition) is 0. The molecule has 4 heteroatoms. The average Bonchev–Trinajstić information content (AvgIpc) is 2.72. The molecular formula is C28H49NO3. The average molecular weight is 448 g/mol. The number of ether oxygens (including phenoxy) is 1. The van der Waals surface area contributed by atoms with Crippen LogP contribution in [-0.2, 0) is 14.3 Å². The smallest absolute Gasteiger partial charge is 0.212 e. The Morgan fingerprint density at radius 1 is 1.19 bits per heavy atom. The number of benzene rings is 1. The molecule has 0 aliphatic heterocycles. The number of methoxy groups -OCH3 is 1. The number of nitrogens with zero attached hydrogens (tertiary/aromatic N) is 1. The van der Waals surface area contributed by atoms with Crippen LogP contribution in [0.5, 0.6) is 0 Å². The van der Waals surface area contributed by atoms with Gasteiger partial charge in [-0.25, -0.2) is 4.79 Å². The summed E-state index contributed by atoms with van der Waals surface area (Å²) in [6, 6.07) is 5.62. The minimum Gasteiger partial charge on any atom is -0.486 e. The number of rotatable bonds is 7. The molecule has 0 saturated heterocycles. The summed E-state index contributed by atoms with van der Waals surface area (Å²) in [5.41, 5.74) is 3.93. The SMILES string of the molecule is CC.CCC(C)CC=O.CCCC(C)(C)C.COC(=C=O)c1cccc(C)c1N=C(C)C. The van der Waals surface area contributed by atoms with Crippen LogP contribution in [-0.4, -0.2) is 25.0 Å². The molecule has 0 N–H and O–H groups in total. The molecule has 4 nitrogen and oxygen atoms in total. The van der Waals surface area contributed by atoms with Gasteiger partial charge in [-0.15, -0.1) is 0 Å². The molecule has 0 saturated carbocycles.